The summed E-state index contributed by atoms with van der Waals surface area (Å²) in [5.41, 5.74) is 9.80. The minimum atomic E-state index is -0.336. The van der Waals surface area contributed by atoms with Crippen molar-refractivity contribution in [3.8, 4) is 0 Å². The fraction of sp³-hybridized carbons (Fsp3) is 0.222. The lowest BCUT2D eigenvalue weighted by Crippen LogP contribution is -2.14. The van der Waals surface area contributed by atoms with E-state index in [4.69, 9.17) is 5.53 Å². The molecule has 0 bridgehead atoms. The number of hydrogen-bond acceptors (Lipinski definition) is 2. The summed E-state index contributed by atoms with van der Waals surface area (Å²) >= 11 is 3.33. The van der Waals surface area contributed by atoms with Gasteiger partial charge < -0.3 is 5.32 Å². The van der Waals surface area contributed by atoms with Crippen molar-refractivity contribution in [2.75, 3.05) is 11.9 Å². The Kier molecular flexibility index (Phi) is 4.15. The molecule has 0 fully saturated rings. The summed E-state index contributed by atoms with van der Waals surface area (Å²) in [6.07, 6.45) is 0. The maximum absolute atomic E-state index is 11.2. The molecule has 0 saturated carbocycles. The number of benzene rings is 1. The van der Waals surface area contributed by atoms with E-state index in [2.05, 4.69) is 31.3 Å². The van der Waals surface area contributed by atoms with Gasteiger partial charge >= 0.3 is 0 Å². The molecular weight excluding hydrogens is 260 g/mol. The molecular formula is C9H9BrN4O. The van der Waals surface area contributed by atoms with Crippen molar-refractivity contribution >= 4 is 27.5 Å². The highest BCUT2D eigenvalue weighted by atomic mass is 79.9. The number of azide groups is 1. The van der Waals surface area contributed by atoms with E-state index in [9.17, 15) is 4.79 Å². The first-order chi connectivity index (χ1) is 7.13. The Bertz CT molecular complexity index is 426. The Balaban J connectivity index is 2.72. The van der Waals surface area contributed by atoms with Crippen molar-refractivity contribution in [1.82, 2.24) is 0 Å². The second kappa shape index (κ2) is 5.38. The molecule has 0 heterocycles. The number of aryl methyl sites for hydroxylation is 1. The molecule has 1 amide bonds. The molecule has 0 atom stereocenters. The largest absolute Gasteiger partial charge is 0.325 e. The lowest BCUT2D eigenvalue weighted by Gasteiger charge is -2.06. The average Bonchev–Trinajstić information content (AvgIpc) is 2.19. The highest BCUT2D eigenvalue weighted by Gasteiger charge is 2.03. The van der Waals surface area contributed by atoms with Crippen molar-refractivity contribution in [3.63, 3.8) is 0 Å². The van der Waals surface area contributed by atoms with Crippen LogP contribution in [0.3, 0.4) is 0 Å². The fourth-order valence-corrected chi connectivity index (χ4v) is 1.60. The second-order valence-corrected chi connectivity index (χ2v) is 3.77. The molecule has 0 aliphatic carbocycles. The minimum Gasteiger partial charge on any atom is -0.325 e. The van der Waals surface area contributed by atoms with E-state index in [0.29, 0.717) is 5.69 Å². The van der Waals surface area contributed by atoms with Gasteiger partial charge in [-0.1, -0.05) is 11.2 Å². The third kappa shape index (κ3) is 3.61. The molecule has 1 N–H and O–H groups in total. The predicted molar refractivity (Wildman–Crippen MR) is 61.5 cm³/mol. The molecule has 0 spiro atoms. The molecule has 1 aromatic rings. The molecule has 0 aromatic heterocycles. The number of amides is 1. The van der Waals surface area contributed by atoms with E-state index in [-0.39, 0.29) is 12.5 Å². The lowest BCUT2D eigenvalue weighted by atomic mass is 10.2. The van der Waals surface area contributed by atoms with Gasteiger partial charge in [0.25, 0.3) is 0 Å². The van der Waals surface area contributed by atoms with Gasteiger partial charge in [0.1, 0.15) is 6.54 Å². The van der Waals surface area contributed by atoms with Gasteiger partial charge in [-0.25, -0.2) is 0 Å². The van der Waals surface area contributed by atoms with Crippen molar-refractivity contribution in [2.45, 2.75) is 6.92 Å². The van der Waals surface area contributed by atoms with Crippen LogP contribution in [-0.2, 0) is 4.79 Å². The van der Waals surface area contributed by atoms with Crippen LogP contribution in [0.25, 0.3) is 10.4 Å². The molecule has 0 radical (unpaired) electrons. The number of carbonyl (C=O) groups is 1. The zero-order valence-electron chi connectivity index (χ0n) is 8.07. The van der Waals surface area contributed by atoms with Crippen molar-refractivity contribution in [3.05, 3.63) is 38.7 Å². The van der Waals surface area contributed by atoms with Crippen LogP contribution in [0.4, 0.5) is 5.69 Å². The van der Waals surface area contributed by atoms with Crippen LogP contribution in [0, 0.1) is 6.92 Å². The number of nitrogens with one attached hydrogen (secondary N) is 1. The number of carbonyl (C=O) groups excluding carboxylic acids is 1. The highest BCUT2D eigenvalue weighted by molar-refractivity contribution is 9.10. The number of hydrogen-bond donors (Lipinski definition) is 1. The molecule has 15 heavy (non-hydrogen) atoms. The molecule has 0 aliphatic heterocycles. The Morgan fingerprint density at radius 2 is 2.40 bits per heavy atom. The molecule has 6 heteroatoms. The van der Waals surface area contributed by atoms with Gasteiger partial charge in [0.05, 0.1) is 5.69 Å². The van der Waals surface area contributed by atoms with Gasteiger partial charge in [-0.3, -0.25) is 4.79 Å². The third-order valence-corrected chi connectivity index (χ3v) is 2.33. The third-order valence-electron chi connectivity index (χ3n) is 1.68. The number of nitrogens with zero attached hydrogens (tertiary/aromatic N) is 3. The number of rotatable bonds is 3. The summed E-state index contributed by atoms with van der Waals surface area (Å²) < 4.78 is 0.803. The topological polar surface area (TPSA) is 77.9 Å². The molecule has 78 valence electrons. The number of halogens is 1. The van der Waals surface area contributed by atoms with Crippen molar-refractivity contribution in [2.24, 2.45) is 5.11 Å². The summed E-state index contributed by atoms with van der Waals surface area (Å²) in [4.78, 5) is 13.7. The van der Waals surface area contributed by atoms with Gasteiger partial charge in [0.2, 0.25) is 5.91 Å². The molecule has 0 saturated heterocycles. The minimum absolute atomic E-state index is 0.198. The quantitative estimate of drug-likeness (QED) is 0.511. The van der Waals surface area contributed by atoms with Crippen LogP contribution in [0.15, 0.2) is 27.8 Å². The van der Waals surface area contributed by atoms with Gasteiger partial charge in [-0.15, -0.1) is 0 Å². The van der Waals surface area contributed by atoms with E-state index in [1.165, 1.54) is 0 Å². The molecule has 5 nitrogen and oxygen atoms in total. The van der Waals surface area contributed by atoms with Gasteiger partial charge in [-0.2, -0.15) is 0 Å². The van der Waals surface area contributed by atoms with Crippen LogP contribution >= 0.6 is 15.9 Å². The van der Waals surface area contributed by atoms with Crippen LogP contribution in [0.1, 0.15) is 5.56 Å². The SMILES string of the molecule is Cc1ccc(NC(=O)CN=[N+]=[N-])c(Br)c1. The summed E-state index contributed by atoms with van der Waals surface area (Å²) in [5, 5.41) is 5.79. The molecule has 1 rings (SSSR count). The van der Waals surface area contributed by atoms with E-state index < -0.39 is 0 Å². The van der Waals surface area contributed by atoms with Gasteiger partial charge in [0.15, 0.2) is 0 Å². The lowest BCUT2D eigenvalue weighted by molar-refractivity contribution is -0.114. The predicted octanol–water partition coefficient (Wildman–Crippen LogP) is 3.01. The maximum atomic E-state index is 11.2. The highest BCUT2D eigenvalue weighted by Crippen LogP contribution is 2.23. The maximum Gasteiger partial charge on any atom is 0.230 e. The fourth-order valence-electron chi connectivity index (χ4n) is 1.01. The first-order valence-corrected chi connectivity index (χ1v) is 4.99. The Hall–Kier alpha value is -1.52. The second-order valence-electron chi connectivity index (χ2n) is 2.92. The Morgan fingerprint density at radius 1 is 1.67 bits per heavy atom. The summed E-state index contributed by atoms with van der Waals surface area (Å²) in [6.45, 7) is 1.76. The standard InChI is InChI=1S/C9H9BrN4O/c1-6-2-3-8(7(10)4-6)13-9(15)5-12-14-11/h2-4H,5H2,1H3,(H,13,15). The van der Waals surface area contributed by atoms with Crippen LogP contribution in [0.5, 0.6) is 0 Å². The zero-order chi connectivity index (χ0) is 11.3. The number of anilines is 1. The van der Waals surface area contributed by atoms with E-state index in [1.807, 2.05) is 19.1 Å². The smallest absolute Gasteiger partial charge is 0.230 e. The van der Waals surface area contributed by atoms with Gasteiger partial charge in [-0.05, 0) is 46.1 Å². The summed E-state index contributed by atoms with van der Waals surface area (Å²) in [7, 11) is 0. The molecule has 0 unspecified atom stereocenters. The van der Waals surface area contributed by atoms with Crippen molar-refractivity contribution < 1.29 is 4.79 Å². The molecule has 0 aliphatic rings. The Morgan fingerprint density at radius 3 is 3.00 bits per heavy atom. The molecule has 1 aromatic carbocycles. The van der Waals surface area contributed by atoms with E-state index >= 15 is 0 Å². The van der Waals surface area contributed by atoms with E-state index in [1.54, 1.807) is 6.07 Å². The summed E-state index contributed by atoms with van der Waals surface area (Å²) in [6, 6.07) is 5.56. The Labute approximate surface area is 95.2 Å². The van der Waals surface area contributed by atoms with Crippen LogP contribution in [-0.4, -0.2) is 12.5 Å². The average molecular weight is 269 g/mol. The van der Waals surface area contributed by atoms with Gasteiger partial charge in [0, 0.05) is 9.38 Å². The normalized spacial score (nSPS) is 9.20. The van der Waals surface area contributed by atoms with Crippen LogP contribution in [0.2, 0.25) is 0 Å². The first-order valence-electron chi connectivity index (χ1n) is 4.20. The summed E-state index contributed by atoms with van der Waals surface area (Å²) in [5.74, 6) is -0.336. The first kappa shape index (κ1) is 11.6. The van der Waals surface area contributed by atoms with Crippen LogP contribution < -0.4 is 5.32 Å². The van der Waals surface area contributed by atoms with Crippen molar-refractivity contribution in [1.29, 1.82) is 0 Å². The zero-order valence-corrected chi connectivity index (χ0v) is 9.65. The monoisotopic (exact) mass is 268 g/mol. The van der Waals surface area contributed by atoms with E-state index in [0.717, 1.165) is 10.0 Å².